The standard InChI is InChI=1S/C20H28N4O2S/c1-4-23(16-9-6-5-7-10-16)19(25)15(2)27-20-22-21-14-24(20)17-11-8-12-18(13-17)26-3/h8,11-16H,4-7,9-10H2,1-3H3/t15-/m1/s1. The van der Waals surface area contributed by atoms with Crippen molar-refractivity contribution >= 4 is 17.7 Å². The molecule has 1 aliphatic rings. The molecule has 1 saturated carbocycles. The van der Waals surface area contributed by atoms with E-state index in [1.54, 1.807) is 13.4 Å². The topological polar surface area (TPSA) is 60.2 Å². The first-order chi connectivity index (χ1) is 13.1. The van der Waals surface area contributed by atoms with Crippen molar-refractivity contribution in [3.05, 3.63) is 30.6 Å². The SMILES string of the molecule is CCN(C(=O)[C@@H](C)Sc1nncn1-c1cccc(OC)c1)C1CCCCC1. The maximum atomic E-state index is 13.1. The third-order valence-corrected chi connectivity index (χ3v) is 6.16. The van der Waals surface area contributed by atoms with E-state index in [1.165, 1.54) is 31.0 Å². The summed E-state index contributed by atoms with van der Waals surface area (Å²) in [4.78, 5) is 15.1. The van der Waals surface area contributed by atoms with Crippen LogP contribution >= 0.6 is 11.8 Å². The molecule has 1 fully saturated rings. The number of carbonyl (C=O) groups excluding carboxylic acids is 1. The van der Waals surface area contributed by atoms with E-state index in [1.807, 2.05) is 35.8 Å². The van der Waals surface area contributed by atoms with Crippen LogP contribution in [0, 0.1) is 0 Å². The molecule has 0 radical (unpaired) electrons. The molecule has 0 unspecified atom stereocenters. The van der Waals surface area contributed by atoms with Crippen LogP contribution in [0.4, 0.5) is 0 Å². The van der Waals surface area contributed by atoms with Crippen LogP contribution in [0.3, 0.4) is 0 Å². The number of rotatable bonds is 7. The summed E-state index contributed by atoms with van der Waals surface area (Å²) >= 11 is 1.46. The number of carbonyl (C=O) groups is 1. The quantitative estimate of drug-likeness (QED) is 0.673. The van der Waals surface area contributed by atoms with Crippen molar-refractivity contribution in [2.45, 2.75) is 62.4 Å². The molecule has 0 spiro atoms. The molecule has 7 heteroatoms. The Labute approximate surface area is 165 Å². The number of ether oxygens (including phenoxy) is 1. The van der Waals surface area contributed by atoms with Gasteiger partial charge in [-0.15, -0.1) is 10.2 Å². The maximum Gasteiger partial charge on any atom is 0.236 e. The molecular weight excluding hydrogens is 360 g/mol. The highest BCUT2D eigenvalue weighted by Crippen LogP contribution is 2.29. The van der Waals surface area contributed by atoms with Gasteiger partial charge in [0.15, 0.2) is 5.16 Å². The zero-order chi connectivity index (χ0) is 19.2. The first kappa shape index (κ1) is 19.7. The second-order valence-corrected chi connectivity index (χ2v) is 8.17. The summed E-state index contributed by atoms with van der Waals surface area (Å²) in [6, 6.07) is 8.12. The predicted octanol–water partition coefficient (Wildman–Crippen LogP) is 3.94. The normalized spacial score (nSPS) is 16.1. The second-order valence-electron chi connectivity index (χ2n) is 6.86. The minimum Gasteiger partial charge on any atom is -0.497 e. The molecule has 27 heavy (non-hydrogen) atoms. The summed E-state index contributed by atoms with van der Waals surface area (Å²) in [7, 11) is 1.65. The minimum absolute atomic E-state index is 0.189. The molecule has 1 aromatic heterocycles. The second kappa shape index (κ2) is 9.26. The number of hydrogen-bond acceptors (Lipinski definition) is 5. The van der Waals surface area contributed by atoms with Gasteiger partial charge in [0.2, 0.25) is 5.91 Å². The number of nitrogens with zero attached hydrogens (tertiary/aromatic N) is 4. The van der Waals surface area contributed by atoms with Crippen LogP contribution in [0.15, 0.2) is 35.7 Å². The van der Waals surface area contributed by atoms with Crippen LogP contribution in [-0.2, 0) is 4.79 Å². The summed E-state index contributed by atoms with van der Waals surface area (Å²) in [5, 5.41) is 8.78. The summed E-state index contributed by atoms with van der Waals surface area (Å²) in [5.74, 6) is 0.963. The molecule has 0 bridgehead atoms. The highest BCUT2D eigenvalue weighted by atomic mass is 32.2. The van der Waals surface area contributed by atoms with E-state index in [0.29, 0.717) is 11.2 Å². The molecule has 3 rings (SSSR count). The number of methoxy groups -OCH3 is 1. The first-order valence-electron chi connectivity index (χ1n) is 9.65. The number of benzene rings is 1. The van der Waals surface area contributed by atoms with Gasteiger partial charge in [-0.1, -0.05) is 37.1 Å². The van der Waals surface area contributed by atoms with Crippen LogP contribution in [0.5, 0.6) is 5.75 Å². The number of amides is 1. The van der Waals surface area contributed by atoms with Crippen molar-refractivity contribution in [1.29, 1.82) is 0 Å². The van der Waals surface area contributed by atoms with Gasteiger partial charge in [-0.3, -0.25) is 9.36 Å². The molecule has 0 saturated heterocycles. The fourth-order valence-electron chi connectivity index (χ4n) is 3.67. The summed E-state index contributed by atoms with van der Waals surface area (Å²) in [5.41, 5.74) is 0.918. The van der Waals surface area contributed by atoms with Crippen LogP contribution in [-0.4, -0.2) is 50.5 Å². The van der Waals surface area contributed by atoms with Gasteiger partial charge in [-0.05, 0) is 38.8 Å². The van der Waals surface area contributed by atoms with Crippen molar-refractivity contribution in [3.8, 4) is 11.4 Å². The van der Waals surface area contributed by atoms with Crippen LogP contribution in [0.2, 0.25) is 0 Å². The van der Waals surface area contributed by atoms with E-state index >= 15 is 0 Å². The van der Waals surface area contributed by atoms with E-state index in [2.05, 4.69) is 22.0 Å². The third-order valence-electron chi connectivity index (χ3n) is 5.12. The largest absolute Gasteiger partial charge is 0.497 e. The fraction of sp³-hybridized carbons (Fsp3) is 0.550. The average Bonchev–Trinajstić information content (AvgIpc) is 3.17. The smallest absolute Gasteiger partial charge is 0.236 e. The van der Waals surface area contributed by atoms with Crippen LogP contribution < -0.4 is 4.74 Å². The van der Waals surface area contributed by atoms with Gasteiger partial charge >= 0.3 is 0 Å². The lowest BCUT2D eigenvalue weighted by Gasteiger charge is -2.35. The highest BCUT2D eigenvalue weighted by molar-refractivity contribution is 8.00. The molecule has 1 aromatic carbocycles. The maximum absolute atomic E-state index is 13.1. The predicted molar refractivity (Wildman–Crippen MR) is 107 cm³/mol. The van der Waals surface area contributed by atoms with E-state index in [0.717, 1.165) is 30.8 Å². The molecule has 1 heterocycles. The molecule has 1 amide bonds. The molecule has 6 nitrogen and oxygen atoms in total. The van der Waals surface area contributed by atoms with Gasteiger partial charge in [-0.25, -0.2) is 0 Å². The summed E-state index contributed by atoms with van der Waals surface area (Å²) in [6.07, 6.45) is 7.65. The van der Waals surface area contributed by atoms with E-state index in [9.17, 15) is 4.79 Å². The lowest BCUT2D eigenvalue weighted by molar-refractivity contribution is -0.133. The lowest BCUT2D eigenvalue weighted by atomic mass is 9.94. The first-order valence-corrected chi connectivity index (χ1v) is 10.5. The summed E-state index contributed by atoms with van der Waals surface area (Å²) in [6.45, 7) is 4.79. The van der Waals surface area contributed by atoms with E-state index < -0.39 is 0 Å². The molecule has 2 aromatic rings. The molecule has 0 N–H and O–H groups in total. The van der Waals surface area contributed by atoms with Crippen molar-refractivity contribution in [2.24, 2.45) is 0 Å². The molecule has 1 aliphatic carbocycles. The number of hydrogen-bond donors (Lipinski definition) is 0. The van der Waals surface area contributed by atoms with Gasteiger partial charge in [-0.2, -0.15) is 0 Å². The van der Waals surface area contributed by atoms with Crippen molar-refractivity contribution in [2.75, 3.05) is 13.7 Å². The Balaban J connectivity index is 1.73. The Morgan fingerprint density at radius 2 is 2.15 bits per heavy atom. The Hall–Kier alpha value is -2.02. The van der Waals surface area contributed by atoms with E-state index in [-0.39, 0.29) is 11.2 Å². The van der Waals surface area contributed by atoms with Gasteiger partial charge < -0.3 is 9.64 Å². The number of aromatic nitrogens is 3. The van der Waals surface area contributed by atoms with Crippen LogP contribution in [0.1, 0.15) is 46.0 Å². The fourth-order valence-corrected chi connectivity index (χ4v) is 4.58. The highest BCUT2D eigenvalue weighted by Gasteiger charge is 2.28. The van der Waals surface area contributed by atoms with Gasteiger partial charge in [0.1, 0.15) is 12.1 Å². The molecule has 0 aliphatic heterocycles. The Morgan fingerprint density at radius 1 is 1.37 bits per heavy atom. The molecular formula is C20H28N4O2S. The van der Waals surface area contributed by atoms with Crippen molar-refractivity contribution in [3.63, 3.8) is 0 Å². The lowest BCUT2D eigenvalue weighted by Crippen LogP contribution is -2.44. The average molecular weight is 389 g/mol. The summed E-state index contributed by atoms with van der Waals surface area (Å²) < 4.78 is 7.20. The molecule has 146 valence electrons. The number of thioether (sulfide) groups is 1. The Kier molecular flexibility index (Phi) is 6.77. The van der Waals surface area contributed by atoms with Crippen LogP contribution in [0.25, 0.3) is 5.69 Å². The van der Waals surface area contributed by atoms with Gasteiger partial charge in [0.05, 0.1) is 18.0 Å². The third kappa shape index (κ3) is 4.64. The zero-order valence-electron chi connectivity index (χ0n) is 16.3. The van der Waals surface area contributed by atoms with E-state index in [4.69, 9.17) is 4.74 Å². The van der Waals surface area contributed by atoms with Gasteiger partial charge in [0.25, 0.3) is 0 Å². The van der Waals surface area contributed by atoms with Crippen molar-refractivity contribution in [1.82, 2.24) is 19.7 Å². The Morgan fingerprint density at radius 3 is 2.85 bits per heavy atom. The molecule has 1 atom stereocenters. The van der Waals surface area contributed by atoms with Crippen molar-refractivity contribution < 1.29 is 9.53 Å². The van der Waals surface area contributed by atoms with Gasteiger partial charge in [0, 0.05) is 18.7 Å². The monoisotopic (exact) mass is 388 g/mol. The Bertz CT molecular complexity index is 758. The minimum atomic E-state index is -0.208. The zero-order valence-corrected chi connectivity index (χ0v) is 17.1.